The fraction of sp³-hybridized carbons (Fsp3) is 0.500. The molecule has 2 atom stereocenters. The SMILES string of the molecule is C[C@H](CN(CC(=O)O)C[C@@H](Cc1ccc(NC(=O)CBr)cc1)N(CC(=O)O)CC(=O)O)N(CC(=O)O)CC(=O)O. The Hall–Kier alpha value is -3.60. The number of hydrogen-bond acceptors (Lipinski definition) is 9. The number of carboxylic acids is 5. The summed E-state index contributed by atoms with van der Waals surface area (Å²) in [6, 6.07) is 4.97. The highest BCUT2D eigenvalue weighted by atomic mass is 79.9. The minimum Gasteiger partial charge on any atom is -0.480 e. The van der Waals surface area contributed by atoms with Crippen LogP contribution in [-0.4, -0.2) is 139 Å². The number of halogens is 1. The van der Waals surface area contributed by atoms with Crippen molar-refractivity contribution in [3.63, 3.8) is 0 Å². The van der Waals surface area contributed by atoms with Gasteiger partial charge in [-0.1, -0.05) is 28.1 Å². The number of amides is 1. The molecule has 0 radical (unpaired) electrons. The lowest BCUT2D eigenvalue weighted by Gasteiger charge is -2.36. The highest BCUT2D eigenvalue weighted by molar-refractivity contribution is 9.09. The number of hydrogen-bond donors (Lipinski definition) is 6. The largest absolute Gasteiger partial charge is 0.480 e. The van der Waals surface area contributed by atoms with E-state index in [2.05, 4.69) is 21.2 Å². The van der Waals surface area contributed by atoms with Gasteiger partial charge in [0, 0.05) is 30.9 Å². The van der Waals surface area contributed by atoms with Crippen molar-refractivity contribution in [2.75, 3.05) is 56.5 Å². The molecule has 1 aromatic carbocycles. The summed E-state index contributed by atoms with van der Waals surface area (Å²) in [7, 11) is 0. The van der Waals surface area contributed by atoms with E-state index in [-0.39, 0.29) is 30.7 Å². The normalized spacial score (nSPS) is 12.7. The molecule has 1 rings (SSSR count). The summed E-state index contributed by atoms with van der Waals surface area (Å²) >= 11 is 3.04. The van der Waals surface area contributed by atoms with Crippen molar-refractivity contribution in [2.24, 2.45) is 0 Å². The monoisotopic (exact) mass is 632 g/mol. The first-order valence-electron chi connectivity index (χ1n) is 11.9. The van der Waals surface area contributed by atoms with Crippen molar-refractivity contribution in [3.8, 4) is 0 Å². The quantitative estimate of drug-likeness (QED) is 0.101. The van der Waals surface area contributed by atoms with E-state index in [9.17, 15) is 54.3 Å². The van der Waals surface area contributed by atoms with E-state index in [1.165, 1.54) is 16.7 Å². The van der Waals surface area contributed by atoms with Gasteiger partial charge in [-0.15, -0.1) is 0 Å². The highest BCUT2D eigenvalue weighted by Gasteiger charge is 2.29. The van der Waals surface area contributed by atoms with Crippen LogP contribution in [0.5, 0.6) is 0 Å². The van der Waals surface area contributed by atoms with Crippen molar-refractivity contribution < 1.29 is 54.3 Å². The molecule has 16 heteroatoms. The third-order valence-corrected chi connectivity index (χ3v) is 6.18. The zero-order valence-corrected chi connectivity index (χ0v) is 23.3. The summed E-state index contributed by atoms with van der Waals surface area (Å²) in [5, 5.41) is 49.4. The smallest absolute Gasteiger partial charge is 0.317 e. The maximum absolute atomic E-state index is 11.6. The minimum absolute atomic E-state index is 0.0877. The molecule has 0 aromatic heterocycles. The maximum Gasteiger partial charge on any atom is 0.317 e. The fourth-order valence-corrected chi connectivity index (χ4v) is 4.20. The van der Waals surface area contributed by atoms with Gasteiger partial charge in [-0.3, -0.25) is 43.5 Å². The Labute approximate surface area is 238 Å². The number of anilines is 1. The Morgan fingerprint density at radius 1 is 0.725 bits per heavy atom. The molecule has 0 bridgehead atoms. The van der Waals surface area contributed by atoms with Gasteiger partial charge in [-0.25, -0.2) is 0 Å². The lowest BCUT2D eigenvalue weighted by Crippen LogP contribution is -2.53. The van der Waals surface area contributed by atoms with Gasteiger partial charge in [0.25, 0.3) is 0 Å². The summed E-state index contributed by atoms with van der Waals surface area (Å²) in [4.78, 5) is 72.6. The second kappa shape index (κ2) is 17.2. The Balaban J connectivity index is 3.32. The minimum atomic E-state index is -1.30. The van der Waals surface area contributed by atoms with Crippen molar-refractivity contribution in [1.82, 2.24) is 14.7 Å². The Morgan fingerprint density at radius 3 is 1.60 bits per heavy atom. The molecule has 222 valence electrons. The number of aliphatic carboxylic acids is 5. The molecule has 0 aliphatic carbocycles. The Kier molecular flexibility index (Phi) is 14.8. The van der Waals surface area contributed by atoms with Crippen molar-refractivity contribution in [3.05, 3.63) is 29.8 Å². The molecule has 40 heavy (non-hydrogen) atoms. The molecule has 0 saturated carbocycles. The molecule has 0 spiro atoms. The van der Waals surface area contributed by atoms with Gasteiger partial charge in [0.1, 0.15) is 0 Å². The third kappa shape index (κ3) is 14.0. The third-order valence-electron chi connectivity index (χ3n) is 5.67. The molecular formula is C24H33BrN4O11. The van der Waals surface area contributed by atoms with Gasteiger partial charge >= 0.3 is 29.8 Å². The van der Waals surface area contributed by atoms with Gasteiger partial charge in [0.05, 0.1) is 38.1 Å². The summed E-state index contributed by atoms with van der Waals surface area (Å²) in [6.45, 7) is -1.79. The van der Waals surface area contributed by atoms with Crippen LogP contribution in [0, 0.1) is 0 Å². The standard InChI is InChI=1S/C24H33BrN4O11/c1-15(28(11-21(33)34)12-22(35)36)8-27(10-20(31)32)9-18(29(13-23(37)38)14-24(39)40)6-16-2-4-17(5-3-16)26-19(30)7-25/h2-5,15,18H,6-14H2,1H3,(H,26,30)(H,31,32)(H,33,34)(H,35,36)(H,37,38)(H,39,40)/t15-,18-/m1/s1. The Bertz CT molecular complexity index is 1020. The molecule has 0 saturated heterocycles. The van der Waals surface area contributed by atoms with Gasteiger partial charge in [0.15, 0.2) is 0 Å². The predicted octanol–water partition coefficient (Wildman–Crippen LogP) is -0.351. The van der Waals surface area contributed by atoms with E-state index in [0.29, 0.717) is 11.3 Å². The van der Waals surface area contributed by atoms with Gasteiger partial charge in [-0.2, -0.15) is 0 Å². The fourth-order valence-electron chi connectivity index (χ4n) is 4.06. The van der Waals surface area contributed by atoms with E-state index in [0.717, 1.165) is 4.90 Å². The molecular weight excluding hydrogens is 600 g/mol. The van der Waals surface area contributed by atoms with Crippen LogP contribution in [0.4, 0.5) is 5.69 Å². The first kappa shape index (κ1) is 34.4. The lowest BCUT2D eigenvalue weighted by molar-refractivity contribution is -0.144. The van der Waals surface area contributed by atoms with Gasteiger partial charge in [0.2, 0.25) is 5.91 Å². The van der Waals surface area contributed by atoms with E-state index in [4.69, 9.17) is 0 Å². The number of carboxylic acid groups (broad SMARTS) is 5. The maximum atomic E-state index is 11.6. The first-order chi connectivity index (χ1) is 18.7. The Morgan fingerprint density at radius 2 is 1.18 bits per heavy atom. The van der Waals surface area contributed by atoms with Crippen LogP contribution in [0.3, 0.4) is 0 Å². The van der Waals surface area contributed by atoms with Crippen LogP contribution in [0.15, 0.2) is 24.3 Å². The van der Waals surface area contributed by atoms with E-state index in [1.807, 2.05) is 0 Å². The zero-order valence-electron chi connectivity index (χ0n) is 21.7. The summed E-state index contributed by atoms with van der Waals surface area (Å²) in [5.41, 5.74) is 1.14. The molecule has 0 aliphatic rings. The van der Waals surface area contributed by atoms with Crippen LogP contribution in [0.2, 0.25) is 0 Å². The van der Waals surface area contributed by atoms with Gasteiger partial charge < -0.3 is 30.8 Å². The molecule has 0 aliphatic heterocycles. The second-order valence-corrected chi connectivity index (χ2v) is 9.62. The van der Waals surface area contributed by atoms with Crippen LogP contribution in [-0.2, 0) is 35.2 Å². The number of rotatable bonds is 20. The molecule has 0 unspecified atom stereocenters. The van der Waals surface area contributed by atoms with E-state index >= 15 is 0 Å². The topological polar surface area (TPSA) is 225 Å². The average Bonchev–Trinajstić information content (AvgIpc) is 2.82. The van der Waals surface area contributed by atoms with E-state index < -0.39 is 74.7 Å². The van der Waals surface area contributed by atoms with Crippen LogP contribution >= 0.6 is 15.9 Å². The number of nitrogens with zero attached hydrogens (tertiary/aromatic N) is 3. The zero-order chi connectivity index (χ0) is 30.4. The summed E-state index contributed by atoms with van der Waals surface area (Å²) in [6.07, 6.45) is 0.103. The molecule has 0 heterocycles. The van der Waals surface area contributed by atoms with Crippen molar-refractivity contribution >= 4 is 57.4 Å². The van der Waals surface area contributed by atoms with Crippen molar-refractivity contribution in [1.29, 1.82) is 0 Å². The number of alkyl halides is 1. The van der Waals surface area contributed by atoms with Crippen molar-refractivity contribution in [2.45, 2.75) is 25.4 Å². The molecule has 1 aromatic rings. The first-order valence-corrected chi connectivity index (χ1v) is 13.1. The number of nitrogens with one attached hydrogen (secondary N) is 1. The van der Waals surface area contributed by atoms with Crippen LogP contribution in [0.1, 0.15) is 12.5 Å². The lowest BCUT2D eigenvalue weighted by atomic mass is 10.0. The second-order valence-electron chi connectivity index (χ2n) is 9.06. The van der Waals surface area contributed by atoms with Crippen LogP contribution in [0.25, 0.3) is 0 Å². The molecule has 1 amide bonds. The van der Waals surface area contributed by atoms with Crippen LogP contribution < -0.4 is 5.32 Å². The highest BCUT2D eigenvalue weighted by Crippen LogP contribution is 2.16. The molecule has 0 fully saturated rings. The number of carbonyl (C=O) groups is 6. The average molecular weight is 633 g/mol. The predicted molar refractivity (Wildman–Crippen MR) is 144 cm³/mol. The molecule has 15 nitrogen and oxygen atoms in total. The molecule has 6 N–H and O–H groups in total. The summed E-state index contributed by atoms with van der Waals surface area (Å²) < 4.78 is 0. The summed E-state index contributed by atoms with van der Waals surface area (Å²) in [5.74, 6) is -6.68. The van der Waals surface area contributed by atoms with E-state index in [1.54, 1.807) is 24.3 Å². The van der Waals surface area contributed by atoms with Gasteiger partial charge in [-0.05, 0) is 31.0 Å². The number of carbonyl (C=O) groups excluding carboxylic acids is 1. The number of benzene rings is 1.